The normalized spacial score (nSPS) is 21.7. The third-order valence-corrected chi connectivity index (χ3v) is 7.93. The van der Waals surface area contributed by atoms with E-state index in [1.165, 1.54) is 36.1 Å². The van der Waals surface area contributed by atoms with Crippen LogP contribution < -0.4 is 5.56 Å². The van der Waals surface area contributed by atoms with Crippen LogP contribution >= 0.6 is 11.3 Å². The molecule has 27 heavy (non-hydrogen) atoms. The molecule has 0 spiro atoms. The minimum absolute atomic E-state index is 0.0406. The van der Waals surface area contributed by atoms with Crippen LogP contribution in [-0.2, 0) is 17.6 Å². The van der Waals surface area contributed by atoms with Crippen molar-refractivity contribution in [2.75, 3.05) is 13.1 Å². The highest BCUT2D eigenvalue weighted by atomic mass is 32.1. The molecule has 3 heterocycles. The molecule has 0 radical (unpaired) electrons. The molecule has 5 nitrogen and oxygen atoms in total. The first-order valence-corrected chi connectivity index (χ1v) is 11.4. The van der Waals surface area contributed by atoms with Crippen LogP contribution in [0.25, 0.3) is 10.2 Å². The predicted octanol–water partition coefficient (Wildman–Crippen LogP) is 3.76. The number of hydrogen-bond acceptors (Lipinski definition) is 4. The number of piperidine rings is 1. The molecule has 144 valence electrons. The van der Waals surface area contributed by atoms with Gasteiger partial charge in [0.2, 0.25) is 5.91 Å². The first kappa shape index (κ1) is 17.4. The van der Waals surface area contributed by atoms with Crippen LogP contribution in [0.2, 0.25) is 0 Å². The summed E-state index contributed by atoms with van der Waals surface area (Å²) in [6, 6.07) is 0. The van der Waals surface area contributed by atoms with E-state index in [1.807, 2.05) is 4.90 Å². The molecule has 0 unspecified atom stereocenters. The quantitative estimate of drug-likeness (QED) is 0.856. The Morgan fingerprint density at radius 2 is 1.78 bits per heavy atom. The molecule has 2 aromatic heterocycles. The Morgan fingerprint density at radius 3 is 2.56 bits per heavy atom. The fraction of sp³-hybridized carbons (Fsp3) is 0.667. The summed E-state index contributed by atoms with van der Waals surface area (Å²) in [7, 11) is 0. The molecule has 2 aliphatic carbocycles. The number of aromatic nitrogens is 2. The Hall–Kier alpha value is -1.69. The molecular formula is C21H27N3O2S. The van der Waals surface area contributed by atoms with E-state index in [-0.39, 0.29) is 17.4 Å². The molecule has 2 aromatic rings. The molecule has 1 N–H and O–H groups in total. The number of aromatic amines is 1. The highest BCUT2D eigenvalue weighted by Crippen LogP contribution is 2.35. The Balaban J connectivity index is 1.34. The lowest BCUT2D eigenvalue weighted by atomic mass is 9.94. The Labute approximate surface area is 163 Å². The molecule has 0 aromatic carbocycles. The van der Waals surface area contributed by atoms with E-state index in [1.54, 1.807) is 11.3 Å². The number of rotatable bonds is 2. The van der Waals surface area contributed by atoms with E-state index in [4.69, 9.17) is 4.98 Å². The first-order chi connectivity index (χ1) is 13.2. The molecule has 1 saturated carbocycles. The van der Waals surface area contributed by atoms with E-state index in [0.29, 0.717) is 5.91 Å². The maximum absolute atomic E-state index is 12.8. The van der Waals surface area contributed by atoms with Crippen molar-refractivity contribution in [2.45, 2.75) is 70.1 Å². The van der Waals surface area contributed by atoms with Gasteiger partial charge in [-0.25, -0.2) is 4.98 Å². The summed E-state index contributed by atoms with van der Waals surface area (Å²) >= 11 is 1.72. The van der Waals surface area contributed by atoms with Gasteiger partial charge in [-0.1, -0.05) is 12.8 Å². The Bertz CT molecular complexity index is 917. The molecule has 5 rings (SSSR count). The molecular weight excluding hydrogens is 358 g/mol. The van der Waals surface area contributed by atoms with E-state index >= 15 is 0 Å². The summed E-state index contributed by atoms with van der Waals surface area (Å²) in [5, 5.41) is 0.840. The highest BCUT2D eigenvalue weighted by Gasteiger charge is 2.31. The topological polar surface area (TPSA) is 66.1 Å². The van der Waals surface area contributed by atoms with Gasteiger partial charge in [0, 0.05) is 29.8 Å². The number of nitrogens with zero attached hydrogens (tertiary/aromatic N) is 2. The number of carbonyl (C=O) groups excluding carboxylic acids is 1. The molecule has 1 saturated heterocycles. The highest BCUT2D eigenvalue weighted by molar-refractivity contribution is 7.18. The molecule has 2 fully saturated rings. The van der Waals surface area contributed by atoms with Gasteiger partial charge in [-0.2, -0.15) is 0 Å². The van der Waals surface area contributed by atoms with Crippen LogP contribution in [0.15, 0.2) is 4.79 Å². The van der Waals surface area contributed by atoms with Crippen LogP contribution in [-0.4, -0.2) is 33.9 Å². The summed E-state index contributed by atoms with van der Waals surface area (Å²) in [5.74, 6) is 1.70. The number of fused-ring (bicyclic) bond motifs is 3. The minimum atomic E-state index is 0.0406. The van der Waals surface area contributed by atoms with Gasteiger partial charge in [0.15, 0.2) is 0 Å². The van der Waals surface area contributed by atoms with Crippen LogP contribution in [0, 0.1) is 5.92 Å². The molecule has 6 heteroatoms. The maximum Gasteiger partial charge on any atom is 0.259 e. The van der Waals surface area contributed by atoms with E-state index in [2.05, 4.69) is 4.98 Å². The number of thiophene rings is 1. The van der Waals surface area contributed by atoms with Crippen molar-refractivity contribution in [1.82, 2.24) is 14.9 Å². The number of carbonyl (C=O) groups is 1. The van der Waals surface area contributed by atoms with Gasteiger partial charge in [0.05, 0.1) is 5.39 Å². The second-order valence-corrected chi connectivity index (χ2v) is 9.51. The second-order valence-electron chi connectivity index (χ2n) is 8.42. The monoisotopic (exact) mass is 385 g/mol. The number of aryl methyl sites for hydroxylation is 2. The zero-order valence-electron chi connectivity index (χ0n) is 15.8. The lowest BCUT2D eigenvalue weighted by Crippen LogP contribution is -2.41. The summed E-state index contributed by atoms with van der Waals surface area (Å²) in [5.41, 5.74) is 1.29. The van der Waals surface area contributed by atoms with Crippen LogP contribution in [0.1, 0.15) is 73.5 Å². The number of amides is 1. The van der Waals surface area contributed by atoms with Crippen molar-refractivity contribution in [3.8, 4) is 0 Å². The molecule has 1 aliphatic heterocycles. The van der Waals surface area contributed by atoms with Crippen molar-refractivity contribution in [3.63, 3.8) is 0 Å². The van der Waals surface area contributed by atoms with Crippen molar-refractivity contribution in [1.29, 1.82) is 0 Å². The van der Waals surface area contributed by atoms with Gasteiger partial charge in [-0.15, -0.1) is 11.3 Å². The van der Waals surface area contributed by atoms with Gasteiger partial charge in [-0.05, 0) is 56.9 Å². The van der Waals surface area contributed by atoms with Gasteiger partial charge in [0.1, 0.15) is 10.7 Å². The van der Waals surface area contributed by atoms with Crippen molar-refractivity contribution < 1.29 is 4.79 Å². The Kier molecular flexibility index (Phi) is 4.54. The van der Waals surface area contributed by atoms with E-state index < -0.39 is 0 Å². The van der Waals surface area contributed by atoms with Crippen molar-refractivity contribution in [2.24, 2.45) is 5.92 Å². The SMILES string of the molecule is O=C(C1CCCC1)N1CCC(c2nc3sc4c(c3c(=O)[nH]2)CCCC4)CC1. The van der Waals surface area contributed by atoms with Gasteiger partial charge >= 0.3 is 0 Å². The van der Waals surface area contributed by atoms with E-state index in [9.17, 15) is 9.59 Å². The predicted molar refractivity (Wildman–Crippen MR) is 107 cm³/mol. The fourth-order valence-corrected chi connectivity index (χ4v) is 6.45. The summed E-state index contributed by atoms with van der Waals surface area (Å²) in [6.45, 7) is 1.59. The second kappa shape index (κ2) is 7.04. The van der Waals surface area contributed by atoms with Gasteiger partial charge in [0.25, 0.3) is 5.56 Å². The summed E-state index contributed by atoms with van der Waals surface area (Å²) in [6.07, 6.45) is 10.8. The number of nitrogens with one attached hydrogen (secondary N) is 1. The standard InChI is InChI=1S/C21H27N3O2S/c25-19-17-15-7-3-4-8-16(15)27-20(17)23-18(22-19)13-9-11-24(12-10-13)21(26)14-5-1-2-6-14/h13-14H,1-12H2,(H,22,23,25). The lowest BCUT2D eigenvalue weighted by Gasteiger charge is -2.33. The van der Waals surface area contributed by atoms with Crippen LogP contribution in [0.5, 0.6) is 0 Å². The summed E-state index contributed by atoms with van der Waals surface area (Å²) < 4.78 is 0. The summed E-state index contributed by atoms with van der Waals surface area (Å²) in [4.78, 5) is 37.7. The molecule has 1 amide bonds. The number of likely N-dealkylation sites (tertiary alicyclic amines) is 1. The number of H-pyrrole nitrogens is 1. The van der Waals surface area contributed by atoms with Crippen molar-refractivity contribution >= 4 is 27.5 Å². The smallest absolute Gasteiger partial charge is 0.259 e. The molecule has 0 bridgehead atoms. The first-order valence-electron chi connectivity index (χ1n) is 10.5. The zero-order valence-corrected chi connectivity index (χ0v) is 16.6. The largest absolute Gasteiger partial charge is 0.342 e. The third kappa shape index (κ3) is 3.12. The molecule has 0 atom stereocenters. The minimum Gasteiger partial charge on any atom is -0.342 e. The average molecular weight is 386 g/mol. The molecule has 3 aliphatic rings. The van der Waals surface area contributed by atoms with Gasteiger partial charge < -0.3 is 9.88 Å². The van der Waals surface area contributed by atoms with Crippen molar-refractivity contribution in [3.05, 3.63) is 26.6 Å². The van der Waals surface area contributed by atoms with E-state index in [0.717, 1.165) is 67.7 Å². The van der Waals surface area contributed by atoms with Gasteiger partial charge in [-0.3, -0.25) is 9.59 Å². The average Bonchev–Trinajstić information content (AvgIpc) is 3.35. The Morgan fingerprint density at radius 1 is 1.04 bits per heavy atom. The van der Waals surface area contributed by atoms with Crippen LogP contribution in [0.4, 0.5) is 0 Å². The number of hydrogen-bond donors (Lipinski definition) is 1. The fourth-order valence-electron chi connectivity index (χ4n) is 5.18. The zero-order chi connectivity index (χ0) is 18.4. The lowest BCUT2D eigenvalue weighted by molar-refractivity contribution is -0.136. The van der Waals surface area contributed by atoms with Crippen LogP contribution in [0.3, 0.4) is 0 Å². The third-order valence-electron chi connectivity index (χ3n) is 6.74. The maximum atomic E-state index is 12.8.